The fourth-order valence-corrected chi connectivity index (χ4v) is 3.43. The number of fused-ring (bicyclic) bond motifs is 1. The summed E-state index contributed by atoms with van der Waals surface area (Å²) in [6, 6.07) is 13.2. The van der Waals surface area contributed by atoms with Gasteiger partial charge in [-0.25, -0.2) is 9.97 Å². The molecule has 3 aromatic heterocycles. The lowest BCUT2D eigenvalue weighted by Crippen LogP contribution is -2.17. The monoisotopic (exact) mass is 376 g/mol. The topological polar surface area (TPSA) is 80.9 Å². The Morgan fingerprint density at radius 3 is 2.78 bits per heavy atom. The molecule has 0 spiro atoms. The van der Waals surface area contributed by atoms with Crippen LogP contribution in [0.25, 0.3) is 22.5 Å². The van der Waals surface area contributed by atoms with Crippen LogP contribution < -0.4 is 5.32 Å². The van der Waals surface area contributed by atoms with E-state index in [0.717, 1.165) is 10.9 Å². The van der Waals surface area contributed by atoms with Crippen molar-refractivity contribution in [3.05, 3.63) is 66.2 Å². The molecule has 4 rings (SSSR count). The normalized spacial score (nSPS) is 10.9. The molecule has 27 heavy (non-hydrogen) atoms. The van der Waals surface area contributed by atoms with Gasteiger partial charge in [0, 0.05) is 5.39 Å². The number of nitrogens with zero attached hydrogens (tertiary/aromatic N) is 3. The van der Waals surface area contributed by atoms with Gasteiger partial charge >= 0.3 is 0 Å². The molecule has 0 bridgehead atoms. The number of pyridine rings is 1. The Kier molecular flexibility index (Phi) is 4.60. The van der Waals surface area contributed by atoms with Crippen LogP contribution in [0, 0.1) is 6.92 Å². The first-order valence-corrected chi connectivity index (χ1v) is 9.51. The number of para-hydroxylation sites is 1. The first kappa shape index (κ1) is 17.2. The van der Waals surface area contributed by atoms with Gasteiger partial charge in [-0.3, -0.25) is 9.78 Å². The fraction of sp³-hybridized carbons (Fsp3) is 0.100. The number of hydrogen-bond donors (Lipinski definition) is 1. The lowest BCUT2D eigenvalue weighted by molar-refractivity contribution is 0.102. The van der Waals surface area contributed by atoms with Crippen LogP contribution in [0.15, 0.2) is 64.4 Å². The molecule has 0 aliphatic carbocycles. The van der Waals surface area contributed by atoms with Crippen molar-refractivity contribution in [3.8, 4) is 11.6 Å². The first-order valence-electron chi connectivity index (χ1n) is 8.28. The Labute approximate surface area is 160 Å². The number of amides is 1. The molecule has 134 valence electrons. The average molecular weight is 376 g/mol. The zero-order valence-corrected chi connectivity index (χ0v) is 15.6. The minimum absolute atomic E-state index is 0.264. The summed E-state index contributed by atoms with van der Waals surface area (Å²) >= 11 is 1.39. The first-order chi connectivity index (χ1) is 13.2. The minimum Gasteiger partial charge on any atom is -0.461 e. The van der Waals surface area contributed by atoms with Crippen molar-refractivity contribution in [1.82, 2.24) is 15.0 Å². The molecular weight excluding hydrogens is 360 g/mol. The van der Waals surface area contributed by atoms with Gasteiger partial charge in [-0.05, 0) is 37.4 Å². The number of benzene rings is 1. The molecule has 6 nitrogen and oxygen atoms in total. The van der Waals surface area contributed by atoms with Gasteiger partial charge < -0.3 is 9.73 Å². The largest absolute Gasteiger partial charge is 0.461 e. The highest BCUT2D eigenvalue weighted by Gasteiger charge is 2.20. The third-order valence-electron chi connectivity index (χ3n) is 4.07. The van der Waals surface area contributed by atoms with E-state index in [1.165, 1.54) is 11.8 Å². The molecule has 7 heteroatoms. The third-order valence-corrected chi connectivity index (χ3v) is 4.75. The summed E-state index contributed by atoms with van der Waals surface area (Å²) in [5.74, 6) is 0.768. The van der Waals surface area contributed by atoms with E-state index < -0.39 is 0 Å². The van der Waals surface area contributed by atoms with Crippen molar-refractivity contribution in [1.29, 1.82) is 0 Å². The van der Waals surface area contributed by atoms with E-state index in [2.05, 4.69) is 20.3 Å². The quantitative estimate of drug-likeness (QED) is 0.415. The predicted octanol–water partition coefficient (Wildman–Crippen LogP) is 4.57. The predicted molar refractivity (Wildman–Crippen MR) is 106 cm³/mol. The maximum atomic E-state index is 12.9. The van der Waals surface area contributed by atoms with Gasteiger partial charge in [0.15, 0.2) is 11.6 Å². The van der Waals surface area contributed by atoms with Gasteiger partial charge in [0.25, 0.3) is 5.91 Å². The van der Waals surface area contributed by atoms with Crippen molar-refractivity contribution < 1.29 is 9.21 Å². The van der Waals surface area contributed by atoms with Gasteiger partial charge in [0.05, 0.1) is 34.9 Å². The highest BCUT2D eigenvalue weighted by molar-refractivity contribution is 7.98. The Morgan fingerprint density at radius 2 is 2.00 bits per heavy atom. The van der Waals surface area contributed by atoms with Gasteiger partial charge in [0.1, 0.15) is 5.03 Å². The van der Waals surface area contributed by atoms with Crippen LogP contribution in [0.3, 0.4) is 0 Å². The number of hydrogen-bond acceptors (Lipinski definition) is 6. The third kappa shape index (κ3) is 3.41. The second-order valence-corrected chi connectivity index (χ2v) is 6.66. The zero-order chi connectivity index (χ0) is 18.8. The van der Waals surface area contributed by atoms with Crippen LogP contribution in [0.2, 0.25) is 0 Å². The average Bonchev–Trinajstić information content (AvgIpc) is 3.22. The van der Waals surface area contributed by atoms with E-state index in [9.17, 15) is 4.79 Å². The Hall–Kier alpha value is -3.19. The van der Waals surface area contributed by atoms with Crippen LogP contribution in [-0.4, -0.2) is 27.1 Å². The van der Waals surface area contributed by atoms with Crippen molar-refractivity contribution in [3.63, 3.8) is 0 Å². The highest BCUT2D eigenvalue weighted by atomic mass is 32.2. The second-order valence-electron chi connectivity index (χ2n) is 5.87. The standard InChI is InChI=1S/C20H16N4O2S/c1-12-17(20(27-2)24-18(22-12)16-8-5-9-26-16)19(25)23-14-10-13-6-3-4-7-15(13)21-11-14/h3-11H,1-2H3,(H,23,25). The lowest BCUT2D eigenvalue weighted by Gasteiger charge is -2.12. The molecule has 0 unspecified atom stereocenters. The van der Waals surface area contributed by atoms with E-state index in [0.29, 0.717) is 33.6 Å². The maximum absolute atomic E-state index is 12.9. The Balaban J connectivity index is 1.68. The molecule has 4 aromatic rings. The molecule has 0 radical (unpaired) electrons. The summed E-state index contributed by atoms with van der Waals surface area (Å²) in [6.07, 6.45) is 5.09. The SMILES string of the molecule is CSc1nc(-c2ccco2)nc(C)c1C(=O)Nc1cnc2ccccc2c1. The lowest BCUT2D eigenvalue weighted by atomic mass is 10.2. The number of carbonyl (C=O) groups excluding carboxylic acids is 1. The molecule has 3 heterocycles. The van der Waals surface area contributed by atoms with Gasteiger partial charge in [-0.2, -0.15) is 0 Å². The van der Waals surface area contributed by atoms with E-state index in [1.807, 2.05) is 36.6 Å². The van der Waals surface area contributed by atoms with Crippen molar-refractivity contribution >= 4 is 34.3 Å². The summed E-state index contributed by atoms with van der Waals surface area (Å²) < 4.78 is 5.37. The van der Waals surface area contributed by atoms with Crippen LogP contribution in [0.4, 0.5) is 5.69 Å². The van der Waals surface area contributed by atoms with Crippen molar-refractivity contribution in [2.45, 2.75) is 11.9 Å². The fourth-order valence-electron chi connectivity index (χ4n) is 2.80. The van der Waals surface area contributed by atoms with Gasteiger partial charge in [-0.1, -0.05) is 18.2 Å². The number of aromatic nitrogens is 3. The summed E-state index contributed by atoms with van der Waals surface area (Å²) in [6.45, 7) is 1.79. The molecule has 0 fully saturated rings. The molecule has 1 aromatic carbocycles. The molecule has 0 saturated heterocycles. The van der Waals surface area contributed by atoms with Crippen LogP contribution in [-0.2, 0) is 0 Å². The number of rotatable bonds is 4. The van der Waals surface area contributed by atoms with Crippen LogP contribution in [0.1, 0.15) is 16.1 Å². The van der Waals surface area contributed by atoms with Gasteiger partial charge in [0.2, 0.25) is 0 Å². The Bertz CT molecular complexity index is 1130. The number of anilines is 1. The van der Waals surface area contributed by atoms with Gasteiger partial charge in [-0.15, -0.1) is 11.8 Å². The zero-order valence-electron chi connectivity index (χ0n) is 14.8. The number of furan rings is 1. The smallest absolute Gasteiger partial charge is 0.260 e. The minimum atomic E-state index is -0.264. The van der Waals surface area contributed by atoms with Crippen molar-refractivity contribution in [2.75, 3.05) is 11.6 Å². The summed E-state index contributed by atoms with van der Waals surface area (Å²) in [5.41, 5.74) is 2.54. The van der Waals surface area contributed by atoms with E-state index in [-0.39, 0.29) is 5.91 Å². The summed E-state index contributed by atoms with van der Waals surface area (Å²) in [4.78, 5) is 26.2. The number of aryl methyl sites for hydroxylation is 1. The molecule has 1 N–H and O–H groups in total. The van der Waals surface area contributed by atoms with Crippen molar-refractivity contribution in [2.24, 2.45) is 0 Å². The van der Waals surface area contributed by atoms with E-state index in [4.69, 9.17) is 4.42 Å². The number of carbonyl (C=O) groups is 1. The maximum Gasteiger partial charge on any atom is 0.260 e. The molecule has 0 saturated carbocycles. The Morgan fingerprint density at radius 1 is 1.15 bits per heavy atom. The van der Waals surface area contributed by atoms with Crippen LogP contribution in [0.5, 0.6) is 0 Å². The molecule has 0 aliphatic rings. The highest BCUT2D eigenvalue weighted by Crippen LogP contribution is 2.26. The molecule has 0 atom stereocenters. The molecule has 0 aliphatic heterocycles. The number of thioether (sulfide) groups is 1. The summed E-state index contributed by atoms with van der Waals surface area (Å²) in [7, 11) is 0. The van der Waals surface area contributed by atoms with E-state index in [1.54, 1.807) is 31.5 Å². The molecular formula is C20H16N4O2S. The second kappa shape index (κ2) is 7.20. The summed E-state index contributed by atoms with van der Waals surface area (Å²) in [5, 5.41) is 4.46. The van der Waals surface area contributed by atoms with E-state index >= 15 is 0 Å². The number of nitrogens with one attached hydrogen (secondary N) is 1. The molecule has 1 amide bonds. The van der Waals surface area contributed by atoms with Crippen LogP contribution >= 0.6 is 11.8 Å².